The van der Waals surface area contributed by atoms with Crippen molar-refractivity contribution >= 4 is 0 Å². The fourth-order valence-corrected chi connectivity index (χ4v) is 16.1. The van der Waals surface area contributed by atoms with Crippen LogP contribution >= 0.6 is 0 Å². The van der Waals surface area contributed by atoms with Crippen LogP contribution < -0.4 is 17.2 Å². The van der Waals surface area contributed by atoms with Gasteiger partial charge in [0.2, 0.25) is 0 Å². The maximum atomic E-state index is 7.48. The number of hydrogen-bond acceptors (Lipinski definition) is 3. The van der Waals surface area contributed by atoms with Crippen molar-refractivity contribution in [2.24, 2.45) is 105 Å². The van der Waals surface area contributed by atoms with Gasteiger partial charge in [0.25, 0.3) is 0 Å². The van der Waals surface area contributed by atoms with Gasteiger partial charge in [-0.15, -0.1) is 0 Å². The quantitative estimate of drug-likeness (QED) is 0.344. The van der Waals surface area contributed by atoms with Gasteiger partial charge in [-0.05, 0) is 178 Å². The average Bonchev–Trinajstić information content (AvgIpc) is 3.78. The van der Waals surface area contributed by atoms with Crippen LogP contribution in [-0.2, 0) is 0 Å². The van der Waals surface area contributed by atoms with E-state index >= 15 is 0 Å². The molecule has 6 N–H and O–H groups in total. The number of fused-ring (bicyclic) bond motifs is 12. The van der Waals surface area contributed by atoms with Crippen LogP contribution in [0.3, 0.4) is 0 Å². The van der Waals surface area contributed by atoms with Crippen molar-refractivity contribution in [3.63, 3.8) is 0 Å². The fraction of sp³-hybridized carbons (Fsp3) is 1.00. The molecule has 0 amide bonds. The molecule has 224 valence electrons. The molecule has 0 aromatic heterocycles. The molecule has 9 saturated carbocycles. The van der Waals surface area contributed by atoms with Gasteiger partial charge < -0.3 is 17.2 Å². The zero-order chi connectivity index (χ0) is 27.0. The fourth-order valence-electron chi connectivity index (χ4n) is 16.1. The van der Waals surface area contributed by atoms with Gasteiger partial charge in [0.15, 0.2) is 0 Å². The first-order valence-electron chi connectivity index (χ1n) is 18.7. The second-order valence-electron chi connectivity index (χ2n) is 18.2. The maximum Gasteiger partial charge on any atom is 0.0130 e. The number of nitrogens with two attached hydrogens (primary N) is 3. The highest BCUT2D eigenvalue weighted by Gasteiger charge is 2.69. The van der Waals surface area contributed by atoms with Crippen molar-refractivity contribution in [3.8, 4) is 0 Å². The van der Waals surface area contributed by atoms with Crippen LogP contribution in [0.5, 0.6) is 0 Å². The lowest BCUT2D eigenvalue weighted by molar-refractivity contribution is -0.0733. The molecule has 0 heterocycles. The molecule has 9 aliphatic carbocycles. The van der Waals surface area contributed by atoms with Crippen molar-refractivity contribution in [1.29, 1.82) is 0 Å². The van der Waals surface area contributed by atoms with E-state index in [9.17, 15) is 0 Å². The van der Waals surface area contributed by atoms with E-state index in [0.29, 0.717) is 29.0 Å². The Kier molecular flexibility index (Phi) is 6.05. The van der Waals surface area contributed by atoms with Crippen LogP contribution in [0.25, 0.3) is 0 Å². The summed E-state index contributed by atoms with van der Waals surface area (Å²) in [6.45, 7) is 2.66. The lowest BCUT2D eigenvalue weighted by atomic mass is 9.48. The van der Waals surface area contributed by atoms with Gasteiger partial charge in [0, 0.05) is 18.1 Å². The molecule has 2 spiro atoms. The van der Waals surface area contributed by atoms with Crippen LogP contribution in [-0.4, -0.2) is 18.1 Å². The predicted molar refractivity (Wildman–Crippen MR) is 163 cm³/mol. The second-order valence-corrected chi connectivity index (χ2v) is 18.2. The highest BCUT2D eigenvalue weighted by Crippen LogP contribution is 2.73. The van der Waals surface area contributed by atoms with E-state index in [4.69, 9.17) is 17.2 Å². The first-order valence-corrected chi connectivity index (χ1v) is 18.7. The smallest absolute Gasteiger partial charge is 0.0130 e. The molecule has 7 unspecified atom stereocenters. The second kappa shape index (κ2) is 9.20. The summed E-state index contributed by atoms with van der Waals surface area (Å²) in [5, 5.41) is 0. The highest BCUT2D eigenvalue weighted by atomic mass is 14.9. The summed E-state index contributed by atoms with van der Waals surface area (Å²) in [4.78, 5) is 0. The van der Waals surface area contributed by atoms with E-state index in [0.717, 1.165) is 76.9 Å². The molecule has 9 rings (SSSR count). The van der Waals surface area contributed by atoms with Crippen LogP contribution in [0.1, 0.15) is 122 Å². The molecule has 8 bridgehead atoms. The summed E-state index contributed by atoms with van der Waals surface area (Å²) in [5.74, 6) is 11.8. The van der Waals surface area contributed by atoms with Crippen molar-refractivity contribution in [1.82, 2.24) is 0 Å². The van der Waals surface area contributed by atoms with Crippen molar-refractivity contribution in [2.45, 2.75) is 141 Å². The van der Waals surface area contributed by atoms with E-state index in [-0.39, 0.29) is 0 Å². The SMILES string of the molecule is CC1CCC(C2C[C@@H]3C[C@H]2C2CCCC(CC2)[C@@H]3N)C[C@]12[C@@H]1C[C@@H](CC1C1C[C@H]3C[C@@H]1C1(CCCC1)[C@H]3N)[C@H]2N. The van der Waals surface area contributed by atoms with Crippen LogP contribution in [0.4, 0.5) is 0 Å². The van der Waals surface area contributed by atoms with E-state index in [2.05, 4.69) is 6.92 Å². The third-order valence-corrected chi connectivity index (χ3v) is 17.7. The lowest BCUT2D eigenvalue weighted by Gasteiger charge is -2.57. The summed E-state index contributed by atoms with van der Waals surface area (Å²) >= 11 is 0. The zero-order valence-electron chi connectivity index (χ0n) is 25.7. The van der Waals surface area contributed by atoms with Gasteiger partial charge in [0.05, 0.1) is 0 Å². The highest BCUT2D eigenvalue weighted by molar-refractivity contribution is 5.20. The summed E-state index contributed by atoms with van der Waals surface area (Å²) < 4.78 is 0. The molecule has 3 nitrogen and oxygen atoms in total. The van der Waals surface area contributed by atoms with Crippen molar-refractivity contribution in [2.75, 3.05) is 0 Å². The molecule has 0 aromatic carbocycles. The molecule has 0 aliphatic heterocycles. The molecule has 40 heavy (non-hydrogen) atoms. The molecule has 9 aliphatic rings. The molecule has 9 fully saturated rings. The number of hydrogen-bond donors (Lipinski definition) is 3. The molecule has 0 radical (unpaired) electrons. The third kappa shape index (κ3) is 3.36. The molecule has 0 saturated heterocycles. The van der Waals surface area contributed by atoms with E-state index in [1.54, 1.807) is 0 Å². The third-order valence-electron chi connectivity index (χ3n) is 17.7. The Balaban J connectivity index is 1.01. The Labute approximate surface area is 245 Å². The summed E-state index contributed by atoms with van der Waals surface area (Å²) in [5.41, 5.74) is 22.6. The Morgan fingerprint density at radius 1 is 0.500 bits per heavy atom. The lowest BCUT2D eigenvalue weighted by Crippen LogP contribution is -2.57. The first kappa shape index (κ1) is 26.3. The Hall–Kier alpha value is -0.120. The summed E-state index contributed by atoms with van der Waals surface area (Å²) in [6, 6.07) is 1.48. The topological polar surface area (TPSA) is 78.1 Å². The van der Waals surface area contributed by atoms with Gasteiger partial charge in [-0.1, -0.05) is 32.6 Å². The van der Waals surface area contributed by atoms with Gasteiger partial charge >= 0.3 is 0 Å². The largest absolute Gasteiger partial charge is 0.327 e. The minimum atomic E-state index is 0.434. The van der Waals surface area contributed by atoms with Gasteiger partial charge in [-0.2, -0.15) is 0 Å². The molecule has 0 aromatic rings. The summed E-state index contributed by atoms with van der Waals surface area (Å²) in [7, 11) is 0. The first-order chi connectivity index (χ1) is 19.4. The van der Waals surface area contributed by atoms with Crippen LogP contribution in [0, 0.1) is 87.8 Å². The van der Waals surface area contributed by atoms with Gasteiger partial charge in [-0.3, -0.25) is 0 Å². The van der Waals surface area contributed by atoms with E-state index in [1.807, 2.05) is 0 Å². The Morgan fingerprint density at radius 2 is 1.10 bits per heavy atom. The Morgan fingerprint density at radius 3 is 1.85 bits per heavy atom. The van der Waals surface area contributed by atoms with Crippen molar-refractivity contribution in [3.05, 3.63) is 0 Å². The predicted octanol–water partition coefficient (Wildman–Crippen LogP) is 7.12. The summed E-state index contributed by atoms with van der Waals surface area (Å²) in [6.07, 6.45) is 26.3. The maximum absolute atomic E-state index is 7.48. The minimum absolute atomic E-state index is 0.434. The van der Waals surface area contributed by atoms with Crippen LogP contribution in [0.2, 0.25) is 0 Å². The van der Waals surface area contributed by atoms with Crippen LogP contribution in [0.15, 0.2) is 0 Å². The monoisotopic (exact) mass is 547 g/mol. The molecule has 3 heteroatoms. The van der Waals surface area contributed by atoms with E-state index < -0.39 is 0 Å². The Bertz CT molecular complexity index is 988. The standard InChI is InChI=1S/C37H61N3/c1-20-7-8-23(28-14-24-13-27(28)21-5-4-6-22(10-9-21)33(24)38)19-37(20)32-18-26(35(37)40)16-30(32)29-15-25-17-31(29)36(34(25)39)11-2-3-12-36/h20-35H,2-19,38-40H2,1H3/t20?,21?,22?,23?,24-,25-,26+,27-,28?,29?,30?,31-,32+,33-,34-,35+,37+/m0/s1. The van der Waals surface area contributed by atoms with E-state index in [1.165, 1.54) is 116 Å². The van der Waals surface area contributed by atoms with Crippen molar-refractivity contribution < 1.29 is 0 Å². The zero-order valence-corrected chi connectivity index (χ0v) is 25.7. The van der Waals surface area contributed by atoms with Gasteiger partial charge in [-0.25, -0.2) is 0 Å². The molecular formula is C37H61N3. The average molecular weight is 548 g/mol. The number of rotatable bonds is 2. The minimum Gasteiger partial charge on any atom is -0.327 e. The normalized spacial score (nSPS) is 61.5. The van der Waals surface area contributed by atoms with Gasteiger partial charge in [0.1, 0.15) is 0 Å². The molecule has 17 atom stereocenters. The molecular weight excluding hydrogens is 486 g/mol.